The van der Waals surface area contributed by atoms with Gasteiger partial charge in [-0.2, -0.15) is 0 Å². The van der Waals surface area contributed by atoms with E-state index in [4.69, 9.17) is 0 Å². The number of Topliss-reactive ketones (excluding diaryl/α,β-unsaturated/α-hetero) is 1. The van der Waals surface area contributed by atoms with E-state index in [1.165, 1.54) is 68.1 Å². The first kappa shape index (κ1) is 24.7. The molecule has 2 heteroatoms. The number of carbonyl (C=O) groups excluding carboxylic acids is 1. The Morgan fingerprint density at radius 1 is 1.09 bits per heavy atom. The van der Waals surface area contributed by atoms with E-state index in [0.29, 0.717) is 12.2 Å². The van der Waals surface area contributed by atoms with Gasteiger partial charge in [0.15, 0.2) is 5.78 Å². The highest BCUT2D eigenvalue weighted by Gasteiger charge is 2.19. The normalized spacial score (nSPS) is 18.2. The third kappa shape index (κ3) is 8.20. The second kappa shape index (κ2) is 13.6. The second-order valence-corrected chi connectivity index (χ2v) is 9.81. The Bertz CT molecular complexity index is 795. The zero-order valence-electron chi connectivity index (χ0n) is 20.3. The average Bonchev–Trinajstić information content (AvgIpc) is 3.05. The van der Waals surface area contributed by atoms with Gasteiger partial charge in [0.2, 0.25) is 0 Å². The molecule has 0 spiro atoms. The maximum Gasteiger partial charge on any atom is 0.162 e. The number of piperidine rings is 1. The number of allylic oxidation sites excluding steroid dienone is 3. The number of nitrogens with zero attached hydrogens (tertiary/aromatic N) is 1. The summed E-state index contributed by atoms with van der Waals surface area (Å²) in [6, 6.07) is 6.49. The Morgan fingerprint density at radius 2 is 1.88 bits per heavy atom. The van der Waals surface area contributed by atoms with Crippen molar-refractivity contribution >= 4 is 5.78 Å². The molecule has 1 saturated heterocycles. The highest BCUT2D eigenvalue weighted by molar-refractivity contribution is 5.96. The molecular weight excluding hydrogens is 390 g/mol. The Morgan fingerprint density at radius 3 is 2.66 bits per heavy atom. The van der Waals surface area contributed by atoms with Gasteiger partial charge in [0.05, 0.1) is 0 Å². The van der Waals surface area contributed by atoms with Crippen molar-refractivity contribution in [2.24, 2.45) is 5.92 Å². The van der Waals surface area contributed by atoms with Gasteiger partial charge >= 0.3 is 0 Å². The molecule has 0 radical (unpaired) electrons. The molecule has 0 N–H and O–H groups in total. The van der Waals surface area contributed by atoms with Crippen LogP contribution in [0, 0.1) is 5.92 Å². The molecule has 3 rings (SSSR count). The minimum absolute atomic E-state index is 0.338. The summed E-state index contributed by atoms with van der Waals surface area (Å²) in [7, 11) is 0. The first-order valence-corrected chi connectivity index (χ1v) is 13.0. The Labute approximate surface area is 196 Å². The van der Waals surface area contributed by atoms with Gasteiger partial charge in [-0.3, -0.25) is 9.69 Å². The van der Waals surface area contributed by atoms with Gasteiger partial charge in [0.25, 0.3) is 0 Å². The number of ketones is 1. The lowest BCUT2D eigenvalue weighted by Crippen LogP contribution is -2.34. The summed E-state index contributed by atoms with van der Waals surface area (Å²) in [6.45, 7) is 9.70. The number of benzene rings is 1. The molecule has 2 aliphatic rings. The van der Waals surface area contributed by atoms with Crippen LogP contribution in [0.1, 0.15) is 92.6 Å². The Hall–Kier alpha value is -1.93. The summed E-state index contributed by atoms with van der Waals surface area (Å²) >= 11 is 0. The van der Waals surface area contributed by atoms with E-state index < -0.39 is 0 Å². The summed E-state index contributed by atoms with van der Waals surface area (Å²) in [5, 5.41) is 0. The van der Waals surface area contributed by atoms with Crippen LogP contribution >= 0.6 is 0 Å². The van der Waals surface area contributed by atoms with Crippen molar-refractivity contribution in [3.05, 3.63) is 71.3 Å². The third-order valence-electron chi connectivity index (χ3n) is 7.10. The molecule has 1 aliphatic heterocycles. The Kier molecular flexibility index (Phi) is 10.5. The summed E-state index contributed by atoms with van der Waals surface area (Å²) in [5.41, 5.74) is 5.03. The van der Waals surface area contributed by atoms with E-state index in [2.05, 4.69) is 60.9 Å². The van der Waals surface area contributed by atoms with Gasteiger partial charge in [-0.05, 0) is 99.6 Å². The molecule has 1 aromatic rings. The molecule has 0 bridgehead atoms. The van der Waals surface area contributed by atoms with Crippen molar-refractivity contribution in [1.29, 1.82) is 0 Å². The van der Waals surface area contributed by atoms with E-state index in [9.17, 15) is 4.79 Å². The van der Waals surface area contributed by atoms with Gasteiger partial charge in [-0.1, -0.05) is 62.8 Å². The maximum absolute atomic E-state index is 12.7. The van der Waals surface area contributed by atoms with E-state index in [1.54, 1.807) is 0 Å². The van der Waals surface area contributed by atoms with E-state index in [0.717, 1.165) is 50.4 Å². The summed E-state index contributed by atoms with van der Waals surface area (Å²) in [6.07, 6.45) is 22.6. The van der Waals surface area contributed by atoms with Crippen LogP contribution in [0.15, 0.2) is 54.7 Å². The molecule has 2 nitrogen and oxygen atoms in total. The number of likely N-dealkylation sites (tertiary alicyclic amines) is 1. The van der Waals surface area contributed by atoms with Gasteiger partial charge in [0.1, 0.15) is 0 Å². The van der Waals surface area contributed by atoms with E-state index in [1.807, 2.05) is 0 Å². The molecule has 1 fully saturated rings. The van der Waals surface area contributed by atoms with Gasteiger partial charge in [-0.25, -0.2) is 0 Å². The molecular formula is C30H43NO. The molecule has 0 amide bonds. The lowest BCUT2D eigenvalue weighted by atomic mass is 9.90. The highest BCUT2D eigenvalue weighted by atomic mass is 16.1. The fraction of sp³-hybridized carbons (Fsp3) is 0.567. The van der Waals surface area contributed by atoms with Gasteiger partial charge < -0.3 is 0 Å². The first-order valence-electron chi connectivity index (χ1n) is 13.0. The first-order chi connectivity index (χ1) is 15.7. The summed E-state index contributed by atoms with van der Waals surface area (Å²) in [5.74, 6) is 1.11. The largest absolute Gasteiger partial charge is 0.299 e. The van der Waals surface area contributed by atoms with Crippen molar-refractivity contribution in [2.45, 2.75) is 84.0 Å². The lowest BCUT2D eigenvalue weighted by molar-refractivity contribution is 0.0974. The predicted molar refractivity (Wildman–Crippen MR) is 137 cm³/mol. The monoisotopic (exact) mass is 433 g/mol. The van der Waals surface area contributed by atoms with Crippen LogP contribution in [0.5, 0.6) is 0 Å². The number of fused-ring (bicyclic) bond motifs is 1. The topological polar surface area (TPSA) is 20.3 Å². The molecule has 1 aliphatic carbocycles. The number of unbranched alkanes of at least 4 members (excludes halogenated alkanes) is 1. The smallest absolute Gasteiger partial charge is 0.162 e. The zero-order valence-corrected chi connectivity index (χ0v) is 20.3. The van der Waals surface area contributed by atoms with Crippen LogP contribution in [0.4, 0.5) is 0 Å². The fourth-order valence-electron chi connectivity index (χ4n) is 5.09. The molecule has 1 heterocycles. The number of hydrogen-bond acceptors (Lipinski definition) is 2. The molecule has 0 unspecified atom stereocenters. The predicted octanol–water partition coefficient (Wildman–Crippen LogP) is 7.49. The number of hydrogen-bond donors (Lipinski definition) is 0. The molecule has 174 valence electrons. The zero-order chi connectivity index (χ0) is 22.6. The van der Waals surface area contributed by atoms with Crippen LogP contribution in [-0.4, -0.2) is 30.3 Å². The number of rotatable bonds is 11. The number of aryl methyl sites for hydroxylation is 2. The third-order valence-corrected chi connectivity index (χ3v) is 7.10. The molecule has 0 atom stereocenters. The van der Waals surface area contributed by atoms with Gasteiger partial charge in [-0.15, -0.1) is 0 Å². The minimum atomic E-state index is 0.338. The highest BCUT2D eigenvalue weighted by Crippen LogP contribution is 2.25. The SMILES string of the molecule is C=C(/C=C\C=C/CCC)CN1CCC(CCCC(=O)c2ccc3c(c2)CCCCC3)CC1. The van der Waals surface area contributed by atoms with Crippen molar-refractivity contribution in [3.8, 4) is 0 Å². The van der Waals surface area contributed by atoms with Crippen molar-refractivity contribution in [1.82, 2.24) is 4.90 Å². The van der Waals surface area contributed by atoms with E-state index in [-0.39, 0.29) is 0 Å². The Balaban J connectivity index is 1.33. The van der Waals surface area contributed by atoms with Crippen molar-refractivity contribution < 1.29 is 4.79 Å². The second-order valence-electron chi connectivity index (χ2n) is 9.81. The molecule has 1 aromatic carbocycles. The van der Waals surface area contributed by atoms with Crippen molar-refractivity contribution in [3.63, 3.8) is 0 Å². The van der Waals surface area contributed by atoms with Crippen LogP contribution in [-0.2, 0) is 12.8 Å². The standard InChI is InChI=1S/C30H43NO/c1-3-4-5-6-8-12-25(2)24-31-21-19-26(20-22-31)13-11-16-30(32)29-18-17-27-14-9-7-10-15-28(27)23-29/h5-6,8,12,17-18,23,26H,2-4,7,9-11,13-16,19-22,24H2,1H3/b6-5-,12-8-. The molecule has 0 aromatic heterocycles. The van der Waals surface area contributed by atoms with Crippen LogP contribution in [0.25, 0.3) is 0 Å². The van der Waals surface area contributed by atoms with Crippen molar-refractivity contribution in [2.75, 3.05) is 19.6 Å². The lowest BCUT2D eigenvalue weighted by Gasteiger charge is -2.32. The quantitative estimate of drug-likeness (QED) is 0.205. The van der Waals surface area contributed by atoms with Crippen LogP contribution < -0.4 is 0 Å². The fourth-order valence-corrected chi connectivity index (χ4v) is 5.09. The van der Waals surface area contributed by atoms with E-state index >= 15 is 0 Å². The summed E-state index contributed by atoms with van der Waals surface area (Å²) < 4.78 is 0. The van der Waals surface area contributed by atoms with Gasteiger partial charge in [0, 0.05) is 18.5 Å². The van der Waals surface area contributed by atoms with Crippen LogP contribution in [0.2, 0.25) is 0 Å². The number of carbonyl (C=O) groups is 1. The minimum Gasteiger partial charge on any atom is -0.299 e. The maximum atomic E-state index is 12.7. The van der Waals surface area contributed by atoms with Crippen LogP contribution in [0.3, 0.4) is 0 Å². The molecule has 0 saturated carbocycles. The average molecular weight is 434 g/mol. The molecule has 32 heavy (non-hydrogen) atoms. The summed E-state index contributed by atoms with van der Waals surface area (Å²) in [4.78, 5) is 15.3.